The van der Waals surface area contributed by atoms with Gasteiger partial charge in [-0.3, -0.25) is 0 Å². The second-order valence-corrected chi connectivity index (χ2v) is 6.38. The quantitative estimate of drug-likeness (QED) is 0.555. The van der Waals surface area contributed by atoms with Crippen LogP contribution in [0.3, 0.4) is 0 Å². The molecule has 0 aliphatic rings. The minimum Gasteiger partial charge on any atom is -0.331 e. The predicted molar refractivity (Wildman–Crippen MR) is 89.7 cm³/mol. The van der Waals surface area contributed by atoms with Gasteiger partial charge in [-0.15, -0.1) is 0 Å². The summed E-state index contributed by atoms with van der Waals surface area (Å²) >= 11 is 12.4. The van der Waals surface area contributed by atoms with Gasteiger partial charge in [0.1, 0.15) is 5.82 Å². The lowest BCUT2D eigenvalue weighted by Crippen LogP contribution is -2.07. The Kier molecular flexibility index (Phi) is 4.26. The second kappa shape index (κ2) is 5.97. The average molecular weight is 373 g/mol. The number of nitrogens with zero attached hydrogens (tertiary/aromatic N) is 2. The van der Waals surface area contributed by atoms with Crippen LogP contribution in [-0.4, -0.2) is 9.55 Å². The molecule has 2 aromatic carbocycles. The van der Waals surface area contributed by atoms with Crippen molar-refractivity contribution >= 4 is 34.2 Å². The van der Waals surface area contributed by atoms with E-state index in [2.05, 4.69) is 4.98 Å². The number of hydrogen-bond donors (Lipinski definition) is 0. The molecule has 0 unspecified atom stereocenters. The zero-order chi connectivity index (χ0) is 17.6. The highest BCUT2D eigenvalue weighted by Crippen LogP contribution is 2.35. The normalized spacial score (nSPS) is 12.1. The largest absolute Gasteiger partial charge is 0.416 e. The van der Waals surface area contributed by atoms with Crippen molar-refractivity contribution in [3.05, 3.63) is 62.9 Å². The van der Waals surface area contributed by atoms with Crippen LogP contribution in [0.15, 0.2) is 30.3 Å². The van der Waals surface area contributed by atoms with E-state index in [0.717, 1.165) is 6.07 Å². The number of aryl methyl sites for hydroxylation is 2. The molecule has 1 aromatic heterocycles. The van der Waals surface area contributed by atoms with E-state index in [9.17, 15) is 13.2 Å². The van der Waals surface area contributed by atoms with Gasteiger partial charge < -0.3 is 4.57 Å². The first-order valence-electron chi connectivity index (χ1n) is 7.15. The maximum atomic E-state index is 13.1. The monoisotopic (exact) mass is 372 g/mol. The smallest absolute Gasteiger partial charge is 0.331 e. The maximum absolute atomic E-state index is 13.1. The number of imidazole rings is 1. The third-order valence-electron chi connectivity index (χ3n) is 4.10. The van der Waals surface area contributed by atoms with Crippen molar-refractivity contribution < 1.29 is 13.2 Å². The molecule has 2 nitrogen and oxygen atoms in total. The Morgan fingerprint density at radius 3 is 2.29 bits per heavy atom. The summed E-state index contributed by atoms with van der Waals surface area (Å²) in [6, 6.07) is 7.71. The van der Waals surface area contributed by atoms with Gasteiger partial charge in [0.2, 0.25) is 0 Å². The number of benzene rings is 2. The number of hydrogen-bond acceptors (Lipinski definition) is 1. The Balaban J connectivity index is 2.14. The highest BCUT2D eigenvalue weighted by Gasteiger charge is 2.33. The van der Waals surface area contributed by atoms with E-state index in [0.29, 0.717) is 38.9 Å². The van der Waals surface area contributed by atoms with Gasteiger partial charge in [-0.05, 0) is 42.3 Å². The summed E-state index contributed by atoms with van der Waals surface area (Å²) in [7, 11) is 1.77. The molecule has 0 N–H and O–H groups in total. The Labute approximate surface area is 146 Å². The molecule has 0 aliphatic carbocycles. The van der Waals surface area contributed by atoms with Crippen LogP contribution < -0.4 is 0 Å². The first-order chi connectivity index (χ1) is 11.2. The molecule has 0 bridgehead atoms. The van der Waals surface area contributed by atoms with E-state index in [1.807, 2.05) is 0 Å². The van der Waals surface area contributed by atoms with Crippen molar-refractivity contribution in [2.24, 2.45) is 7.05 Å². The van der Waals surface area contributed by atoms with Gasteiger partial charge in [-0.2, -0.15) is 13.2 Å². The van der Waals surface area contributed by atoms with Crippen LogP contribution in [0.5, 0.6) is 0 Å². The predicted octanol–water partition coefficient (Wildman–Crippen LogP) is 5.80. The molecule has 126 valence electrons. The van der Waals surface area contributed by atoms with Gasteiger partial charge in [0.15, 0.2) is 0 Å². The van der Waals surface area contributed by atoms with Gasteiger partial charge in [0, 0.05) is 23.5 Å². The maximum Gasteiger partial charge on any atom is 0.416 e. The van der Waals surface area contributed by atoms with E-state index in [1.165, 1.54) is 13.0 Å². The van der Waals surface area contributed by atoms with Crippen LogP contribution in [0, 0.1) is 6.92 Å². The fourth-order valence-corrected chi connectivity index (χ4v) is 3.30. The highest BCUT2D eigenvalue weighted by atomic mass is 35.5. The van der Waals surface area contributed by atoms with Crippen LogP contribution in [0.2, 0.25) is 10.0 Å². The van der Waals surface area contributed by atoms with Crippen molar-refractivity contribution in [1.82, 2.24) is 9.55 Å². The van der Waals surface area contributed by atoms with Crippen molar-refractivity contribution in [1.29, 1.82) is 0 Å². The van der Waals surface area contributed by atoms with Crippen LogP contribution in [-0.2, 0) is 19.6 Å². The molecular weight excluding hydrogens is 360 g/mol. The van der Waals surface area contributed by atoms with E-state index < -0.39 is 11.7 Å². The fourth-order valence-electron chi connectivity index (χ4n) is 2.77. The minimum absolute atomic E-state index is 0.118. The zero-order valence-electron chi connectivity index (χ0n) is 12.9. The van der Waals surface area contributed by atoms with Gasteiger partial charge in [-0.1, -0.05) is 29.3 Å². The summed E-state index contributed by atoms with van der Waals surface area (Å²) in [5, 5.41) is 1.00. The molecule has 7 heteroatoms. The van der Waals surface area contributed by atoms with E-state index in [4.69, 9.17) is 23.2 Å². The highest BCUT2D eigenvalue weighted by molar-refractivity contribution is 6.36. The first-order valence-corrected chi connectivity index (χ1v) is 7.90. The molecule has 0 amide bonds. The zero-order valence-corrected chi connectivity index (χ0v) is 14.4. The number of alkyl halides is 3. The molecule has 0 aliphatic heterocycles. The van der Waals surface area contributed by atoms with E-state index in [1.54, 1.807) is 29.8 Å². The number of fused-ring (bicyclic) bond motifs is 1. The standard InChI is InChI=1S/C17H13Cl2F3N2/c1-9-11(17(20,21)22)6-7-14-16(9)23-15(24(14)2)8-10-12(18)4-3-5-13(10)19/h3-7H,8H2,1-2H3. The molecule has 24 heavy (non-hydrogen) atoms. The summed E-state index contributed by atoms with van der Waals surface area (Å²) in [5.74, 6) is 0.599. The molecule has 1 heterocycles. The topological polar surface area (TPSA) is 17.8 Å². The van der Waals surface area contributed by atoms with Gasteiger partial charge in [-0.25, -0.2) is 4.98 Å². The molecule has 3 aromatic rings. The summed E-state index contributed by atoms with van der Waals surface area (Å²) in [6.07, 6.45) is -4.06. The molecule has 3 rings (SSSR count). The summed E-state index contributed by atoms with van der Waals surface area (Å²) < 4.78 is 41.0. The SMILES string of the molecule is Cc1c(C(F)(F)F)ccc2c1nc(Cc1c(Cl)cccc1Cl)n2C. The molecule has 0 saturated carbocycles. The lowest BCUT2D eigenvalue weighted by molar-refractivity contribution is -0.137. The molecule has 0 spiro atoms. The van der Waals surface area contributed by atoms with Gasteiger partial charge in [0.05, 0.1) is 16.6 Å². The molecule has 0 radical (unpaired) electrons. The van der Waals surface area contributed by atoms with Gasteiger partial charge >= 0.3 is 6.18 Å². The Morgan fingerprint density at radius 2 is 1.71 bits per heavy atom. The van der Waals surface area contributed by atoms with Crippen LogP contribution in [0.25, 0.3) is 11.0 Å². The molecular formula is C17H13Cl2F3N2. The van der Waals surface area contributed by atoms with Crippen LogP contribution in [0.4, 0.5) is 13.2 Å². The van der Waals surface area contributed by atoms with Crippen molar-refractivity contribution in [2.75, 3.05) is 0 Å². The molecule has 0 fully saturated rings. The lowest BCUT2D eigenvalue weighted by atomic mass is 10.1. The molecule has 0 atom stereocenters. The minimum atomic E-state index is -4.40. The molecule has 0 saturated heterocycles. The second-order valence-electron chi connectivity index (χ2n) is 5.57. The van der Waals surface area contributed by atoms with Crippen molar-refractivity contribution in [2.45, 2.75) is 19.5 Å². The number of halogens is 5. The third kappa shape index (κ3) is 2.87. The summed E-state index contributed by atoms with van der Waals surface area (Å²) in [4.78, 5) is 4.41. The fraction of sp³-hybridized carbons (Fsp3) is 0.235. The van der Waals surface area contributed by atoms with Gasteiger partial charge in [0.25, 0.3) is 0 Å². The van der Waals surface area contributed by atoms with Crippen LogP contribution in [0.1, 0.15) is 22.5 Å². The van der Waals surface area contributed by atoms with Crippen molar-refractivity contribution in [3.63, 3.8) is 0 Å². The van der Waals surface area contributed by atoms with Crippen molar-refractivity contribution in [3.8, 4) is 0 Å². The number of aromatic nitrogens is 2. The lowest BCUT2D eigenvalue weighted by Gasteiger charge is -2.10. The number of rotatable bonds is 2. The average Bonchev–Trinajstić information content (AvgIpc) is 2.80. The van der Waals surface area contributed by atoms with Crippen LogP contribution >= 0.6 is 23.2 Å². The third-order valence-corrected chi connectivity index (χ3v) is 4.81. The Hall–Kier alpha value is -1.72. The Morgan fingerprint density at radius 1 is 1.08 bits per heavy atom. The first kappa shape index (κ1) is 17.1. The Bertz CT molecular complexity index is 909. The summed E-state index contributed by atoms with van der Waals surface area (Å²) in [5.41, 5.74) is 1.12. The van der Waals surface area contributed by atoms with E-state index >= 15 is 0 Å². The summed E-state index contributed by atoms with van der Waals surface area (Å²) in [6.45, 7) is 1.43. The van der Waals surface area contributed by atoms with E-state index in [-0.39, 0.29) is 5.56 Å².